The number of benzene rings is 1. The molecule has 0 radical (unpaired) electrons. The molecule has 0 amide bonds. The lowest BCUT2D eigenvalue weighted by Gasteiger charge is -2.18. The van der Waals surface area contributed by atoms with Crippen molar-refractivity contribution in [2.75, 3.05) is 25.9 Å². The van der Waals surface area contributed by atoms with Gasteiger partial charge in [0.2, 0.25) is 0 Å². The number of likely N-dealkylation sites (tertiary alicyclic amines) is 1. The van der Waals surface area contributed by atoms with Crippen LogP contribution < -0.4 is 10.5 Å². The third-order valence-corrected chi connectivity index (χ3v) is 4.55. The summed E-state index contributed by atoms with van der Waals surface area (Å²) in [5.74, 6) is 2.74. The molecule has 98 valence electrons. The molecule has 1 aliphatic heterocycles. The summed E-state index contributed by atoms with van der Waals surface area (Å²) in [6, 6.07) is 6.02. The summed E-state index contributed by atoms with van der Waals surface area (Å²) in [4.78, 5) is 2.56. The van der Waals surface area contributed by atoms with E-state index in [0.29, 0.717) is 0 Å². The van der Waals surface area contributed by atoms with Gasteiger partial charge >= 0.3 is 0 Å². The van der Waals surface area contributed by atoms with Gasteiger partial charge in [-0.05, 0) is 36.3 Å². The summed E-state index contributed by atoms with van der Waals surface area (Å²) in [6.45, 7) is 3.51. The Labute approximate surface area is 109 Å². The average Bonchev–Trinajstić information content (AvgIpc) is 2.92. The van der Waals surface area contributed by atoms with Gasteiger partial charge in [-0.3, -0.25) is 4.90 Å². The summed E-state index contributed by atoms with van der Waals surface area (Å²) >= 11 is 0. The van der Waals surface area contributed by atoms with Crippen LogP contribution in [0.15, 0.2) is 18.2 Å². The highest BCUT2D eigenvalue weighted by atomic mass is 16.5. The summed E-state index contributed by atoms with van der Waals surface area (Å²) in [7, 11) is 1.68. The normalized spacial score (nSPS) is 27.4. The lowest BCUT2D eigenvalue weighted by atomic mass is 10.0. The van der Waals surface area contributed by atoms with Crippen molar-refractivity contribution in [3.8, 4) is 5.75 Å². The van der Waals surface area contributed by atoms with Crippen LogP contribution in [-0.2, 0) is 6.54 Å². The summed E-state index contributed by atoms with van der Waals surface area (Å²) in [5.41, 5.74) is 8.17. The highest BCUT2D eigenvalue weighted by Gasteiger charge is 2.35. The monoisotopic (exact) mass is 246 g/mol. The van der Waals surface area contributed by atoms with E-state index in [1.807, 2.05) is 12.1 Å². The molecule has 1 aromatic carbocycles. The molecular formula is C15H22N2O. The molecule has 18 heavy (non-hydrogen) atoms. The highest BCUT2D eigenvalue weighted by molar-refractivity contribution is 5.51. The van der Waals surface area contributed by atoms with Gasteiger partial charge < -0.3 is 10.5 Å². The zero-order chi connectivity index (χ0) is 12.5. The molecule has 2 N–H and O–H groups in total. The molecule has 1 aliphatic carbocycles. The number of rotatable bonds is 3. The molecule has 2 unspecified atom stereocenters. The number of nitrogens with zero attached hydrogens (tertiary/aromatic N) is 1. The van der Waals surface area contributed by atoms with Crippen LogP contribution in [-0.4, -0.2) is 25.1 Å². The van der Waals surface area contributed by atoms with Gasteiger partial charge in [0.1, 0.15) is 5.75 Å². The molecule has 1 saturated heterocycles. The number of ether oxygens (including phenoxy) is 1. The maximum atomic E-state index is 6.08. The largest absolute Gasteiger partial charge is 0.497 e. The Balaban J connectivity index is 1.66. The van der Waals surface area contributed by atoms with E-state index in [2.05, 4.69) is 11.0 Å². The van der Waals surface area contributed by atoms with Crippen LogP contribution in [0.1, 0.15) is 24.8 Å². The van der Waals surface area contributed by atoms with Crippen molar-refractivity contribution in [1.29, 1.82) is 0 Å². The van der Waals surface area contributed by atoms with Crippen LogP contribution in [0.3, 0.4) is 0 Å². The average molecular weight is 246 g/mol. The van der Waals surface area contributed by atoms with Crippen molar-refractivity contribution < 1.29 is 4.74 Å². The Morgan fingerprint density at radius 3 is 2.61 bits per heavy atom. The zero-order valence-corrected chi connectivity index (χ0v) is 11.1. The van der Waals surface area contributed by atoms with E-state index < -0.39 is 0 Å². The minimum Gasteiger partial charge on any atom is -0.497 e. The molecule has 2 aliphatic rings. The van der Waals surface area contributed by atoms with Gasteiger partial charge in [-0.1, -0.05) is 12.5 Å². The Morgan fingerprint density at radius 2 is 2.00 bits per heavy atom. The van der Waals surface area contributed by atoms with Crippen LogP contribution >= 0.6 is 0 Å². The maximum Gasteiger partial charge on any atom is 0.120 e. The van der Waals surface area contributed by atoms with Gasteiger partial charge in [0.25, 0.3) is 0 Å². The molecule has 0 bridgehead atoms. The second-order valence-corrected chi connectivity index (χ2v) is 5.71. The van der Waals surface area contributed by atoms with Crippen LogP contribution in [0.5, 0.6) is 5.75 Å². The molecule has 3 nitrogen and oxygen atoms in total. The second kappa shape index (κ2) is 4.81. The van der Waals surface area contributed by atoms with Crippen LogP contribution in [0.25, 0.3) is 0 Å². The summed E-state index contributed by atoms with van der Waals surface area (Å²) in [5, 5.41) is 0. The smallest absolute Gasteiger partial charge is 0.120 e. The Kier molecular flexibility index (Phi) is 3.16. The molecule has 0 spiro atoms. The molecule has 1 heterocycles. The van der Waals surface area contributed by atoms with Gasteiger partial charge in [-0.2, -0.15) is 0 Å². The molecule has 2 fully saturated rings. The zero-order valence-electron chi connectivity index (χ0n) is 11.1. The van der Waals surface area contributed by atoms with Crippen molar-refractivity contribution in [2.45, 2.75) is 25.8 Å². The van der Waals surface area contributed by atoms with Gasteiger partial charge in [0.05, 0.1) is 7.11 Å². The fourth-order valence-corrected chi connectivity index (χ4v) is 3.55. The summed E-state index contributed by atoms with van der Waals surface area (Å²) in [6.07, 6.45) is 4.30. The predicted molar refractivity (Wildman–Crippen MR) is 73.5 cm³/mol. The fourth-order valence-electron chi connectivity index (χ4n) is 3.55. The van der Waals surface area contributed by atoms with E-state index in [1.165, 1.54) is 37.9 Å². The van der Waals surface area contributed by atoms with Crippen LogP contribution in [0, 0.1) is 11.8 Å². The van der Waals surface area contributed by atoms with Gasteiger partial charge in [-0.15, -0.1) is 0 Å². The summed E-state index contributed by atoms with van der Waals surface area (Å²) < 4.78 is 5.19. The maximum absolute atomic E-state index is 6.08. The first-order chi connectivity index (χ1) is 8.76. The van der Waals surface area contributed by atoms with Crippen LogP contribution in [0.2, 0.25) is 0 Å². The third-order valence-electron chi connectivity index (χ3n) is 4.55. The fraction of sp³-hybridized carbons (Fsp3) is 0.600. The van der Waals surface area contributed by atoms with Crippen molar-refractivity contribution in [3.63, 3.8) is 0 Å². The Hall–Kier alpha value is -1.22. The number of fused-ring (bicyclic) bond motifs is 1. The molecule has 3 rings (SSSR count). The molecule has 1 aromatic rings. The van der Waals surface area contributed by atoms with Crippen LogP contribution in [0.4, 0.5) is 5.69 Å². The molecule has 1 saturated carbocycles. The minimum absolute atomic E-state index is 0.842. The molecule has 2 atom stereocenters. The Bertz CT molecular complexity index is 421. The quantitative estimate of drug-likeness (QED) is 0.833. The second-order valence-electron chi connectivity index (χ2n) is 5.71. The van der Waals surface area contributed by atoms with Gasteiger partial charge in [0, 0.05) is 31.4 Å². The SMILES string of the molecule is COc1ccc(CN2CC3CCCC3C2)c(N)c1. The topological polar surface area (TPSA) is 38.5 Å². The number of methoxy groups -OCH3 is 1. The van der Waals surface area contributed by atoms with E-state index in [-0.39, 0.29) is 0 Å². The number of nitrogen functional groups attached to an aromatic ring is 1. The predicted octanol–water partition coefficient (Wildman–Crippen LogP) is 2.51. The Morgan fingerprint density at radius 1 is 1.28 bits per heavy atom. The van der Waals surface area contributed by atoms with Crippen molar-refractivity contribution in [2.24, 2.45) is 11.8 Å². The van der Waals surface area contributed by atoms with Crippen molar-refractivity contribution in [1.82, 2.24) is 4.90 Å². The number of anilines is 1. The first kappa shape index (κ1) is 11.8. The third kappa shape index (κ3) is 2.19. The van der Waals surface area contributed by atoms with E-state index in [1.54, 1.807) is 7.11 Å². The first-order valence-electron chi connectivity index (χ1n) is 6.91. The van der Waals surface area contributed by atoms with E-state index in [0.717, 1.165) is 29.8 Å². The molecular weight excluding hydrogens is 224 g/mol. The molecule has 0 aromatic heterocycles. The number of hydrogen-bond acceptors (Lipinski definition) is 3. The first-order valence-corrected chi connectivity index (χ1v) is 6.91. The van der Waals surface area contributed by atoms with E-state index in [4.69, 9.17) is 10.5 Å². The van der Waals surface area contributed by atoms with Gasteiger partial charge in [0.15, 0.2) is 0 Å². The number of hydrogen-bond donors (Lipinski definition) is 1. The van der Waals surface area contributed by atoms with E-state index in [9.17, 15) is 0 Å². The van der Waals surface area contributed by atoms with Crippen molar-refractivity contribution in [3.05, 3.63) is 23.8 Å². The standard InChI is InChI=1S/C15H22N2O/c1-18-14-6-5-13(15(16)7-14)10-17-8-11-3-2-4-12(11)9-17/h5-7,11-12H,2-4,8-10,16H2,1H3. The van der Waals surface area contributed by atoms with Gasteiger partial charge in [-0.25, -0.2) is 0 Å². The lowest BCUT2D eigenvalue weighted by molar-refractivity contribution is 0.304. The van der Waals surface area contributed by atoms with Crippen molar-refractivity contribution >= 4 is 5.69 Å². The minimum atomic E-state index is 0.842. The van der Waals surface area contributed by atoms with E-state index >= 15 is 0 Å². The molecule has 3 heteroatoms. The lowest BCUT2D eigenvalue weighted by Crippen LogP contribution is -2.21. The highest BCUT2D eigenvalue weighted by Crippen LogP contribution is 2.38. The number of nitrogens with two attached hydrogens (primary N) is 1.